The molecule has 3 aromatic rings. The first-order chi connectivity index (χ1) is 56.8. The van der Waals surface area contributed by atoms with Crippen LogP contribution in [-0.2, 0) is 53.5 Å². The lowest BCUT2D eigenvalue weighted by Crippen LogP contribution is -2.50. The summed E-state index contributed by atoms with van der Waals surface area (Å²) >= 11 is 0. The van der Waals surface area contributed by atoms with E-state index in [-0.39, 0.29) is 34.6 Å². The molecular formula is C98H185N11O11S. The number of pyridine rings is 3. The zero-order valence-electron chi connectivity index (χ0n) is 82.5. The monoisotopic (exact) mass is 1720 g/mol. The molecule has 3 unspecified atom stereocenters. The molecule has 22 nitrogen and oxygen atoms in total. The van der Waals surface area contributed by atoms with E-state index in [1.807, 2.05) is 58.8 Å². The number of carboxylic acids is 1. The highest BCUT2D eigenvalue weighted by Gasteiger charge is 2.27. The summed E-state index contributed by atoms with van der Waals surface area (Å²) < 4.78 is 32.6. The standard InChI is InChI=1S/C12H20N2O.C11H17NO.C9H17NO2.C9H13NO.C9H19NO.C9H18.C8H16N2O.C8H17NOS.C8H17NO.C8H16O.C7H15NO/c1-10(2)11-5-6-14(12(15)9-11)8-7-13(3)4;1-4-6-12-7-5-10(9(2)3)8-11(12)13;1-7(2)10-5-3-8(4-6-10)9(11)12;1-7(2)8-4-5-10(3)9(11)6-8;1-8(2)10-6-4-5-9(7-10)11-3;1-8(2)9-6-4-3-5-7-9;1-7(2)10-5-4-9(3)8(11)6-10;1-8(2)9-4-6-11(3,10)7-5-9;1-7(2)9-5-3-4-8(10)6-9;1-7(2)8-5-3-4-6-9-8;1-7(2)8-3-5-9-6-4-8/h5-6,9-10H,7-8H2,1-4H3;5,7-9H,4,6H2,1-3H3;7-8H,3-6H2,1-2H3,(H,11,12);4-7H,1-3H3;8-9H,4-7H2,1-3H3;8-9H,3-7H2,1-2H3;7H,4-6H2,1-3H3;8H,3-7H2,1-2H3;7-8,10H,3-6H2,1-2H3;7-8H,3-6H2,1-2H3;7H,3-6H2,1-2H3. The van der Waals surface area contributed by atoms with Gasteiger partial charge in [-0.1, -0.05) is 108 Å². The minimum atomic E-state index is -1.69. The van der Waals surface area contributed by atoms with E-state index in [1.54, 1.807) is 50.0 Å². The SMILES string of the molecule is C=S1(=O)CCN(C(C)C)CC1.CC(C)C1CCCCC1.CC(C)C1CCCCO1.CC(C)N1CCC(C(=O)O)CC1.CC(C)N1CCCC(O)C1.CC(C)N1CCN(C)C(=O)C1.CC(C)N1CCOCC1.CC(C)c1ccn(C)c(=O)c1.CC(C)c1ccn(CCN(C)C)c(=O)c1.CCCn1ccc(C(C)C)cc1=O.COC1CCCN(C(C)C)C1. The average Bonchev–Trinajstić information content (AvgIpc) is 0.865. The Hall–Kier alpha value is -4.63. The number of methoxy groups -OCH3 is 1. The van der Waals surface area contributed by atoms with Crippen molar-refractivity contribution >= 4 is 27.3 Å². The van der Waals surface area contributed by atoms with E-state index >= 15 is 0 Å². The van der Waals surface area contributed by atoms with Crippen LogP contribution in [0.15, 0.2) is 69.4 Å². The van der Waals surface area contributed by atoms with Crippen molar-refractivity contribution in [2.75, 3.05) is 151 Å². The molecule has 23 heteroatoms. The van der Waals surface area contributed by atoms with Gasteiger partial charge in [0.1, 0.15) is 0 Å². The number of carboxylic acid groups (broad SMARTS) is 1. The van der Waals surface area contributed by atoms with Gasteiger partial charge in [0.25, 0.3) is 16.7 Å². The molecule has 3 aromatic heterocycles. The van der Waals surface area contributed by atoms with Crippen molar-refractivity contribution in [1.29, 1.82) is 0 Å². The van der Waals surface area contributed by atoms with Gasteiger partial charge in [-0.25, -0.2) is 0 Å². The van der Waals surface area contributed by atoms with Crippen molar-refractivity contribution in [3.05, 3.63) is 103 Å². The number of nitrogens with zero attached hydrogens (tertiary/aromatic N) is 11. The molecule has 1 amide bonds. The summed E-state index contributed by atoms with van der Waals surface area (Å²) in [7, 11) is 7.76. The Morgan fingerprint density at radius 2 is 0.950 bits per heavy atom. The van der Waals surface area contributed by atoms with Gasteiger partial charge in [-0.05, 0) is 273 Å². The number of amides is 1. The normalized spacial score (nSPS) is 20.5. The van der Waals surface area contributed by atoms with Crippen molar-refractivity contribution in [1.82, 2.24) is 52.9 Å². The minimum absolute atomic E-state index is 0.0659. The fourth-order valence-electron chi connectivity index (χ4n) is 15.0. The number of aryl methyl sites for hydroxylation is 2. The number of carbonyl (C=O) groups excluding carboxylic acids is 1. The average molecular weight is 1730 g/mol. The van der Waals surface area contributed by atoms with E-state index in [9.17, 15) is 33.3 Å². The largest absolute Gasteiger partial charge is 0.481 e. The van der Waals surface area contributed by atoms with E-state index < -0.39 is 15.5 Å². The molecule has 3 atom stereocenters. The third kappa shape index (κ3) is 50.5. The quantitative estimate of drug-likeness (QED) is 0.113. The minimum Gasteiger partial charge on any atom is -0.481 e. The molecule has 11 rings (SSSR count). The van der Waals surface area contributed by atoms with Crippen LogP contribution in [0.3, 0.4) is 0 Å². The van der Waals surface area contributed by atoms with E-state index in [0.717, 1.165) is 184 Å². The van der Waals surface area contributed by atoms with Crippen molar-refractivity contribution in [3.63, 3.8) is 0 Å². The number of aliphatic hydroxyl groups excluding tert-OH is 1. The molecule has 0 spiro atoms. The van der Waals surface area contributed by atoms with Crippen molar-refractivity contribution in [2.24, 2.45) is 30.7 Å². The molecule has 0 bridgehead atoms. The number of likely N-dealkylation sites (N-methyl/N-ethyl adjacent to an activating group) is 2. The second-order valence-corrected chi connectivity index (χ2v) is 41.0. The van der Waals surface area contributed by atoms with Gasteiger partial charge in [0.15, 0.2) is 0 Å². The second-order valence-electron chi connectivity index (χ2n) is 38.3. The van der Waals surface area contributed by atoms with Gasteiger partial charge in [-0.15, -0.1) is 0 Å². The number of ether oxygens (including phenoxy) is 3. The zero-order valence-corrected chi connectivity index (χ0v) is 83.3. The summed E-state index contributed by atoms with van der Waals surface area (Å²) in [6, 6.07) is 14.8. The van der Waals surface area contributed by atoms with Gasteiger partial charge in [0, 0.05) is 184 Å². The van der Waals surface area contributed by atoms with Crippen molar-refractivity contribution < 1.29 is 38.2 Å². The molecule has 1 saturated carbocycles. The summed E-state index contributed by atoms with van der Waals surface area (Å²) in [5, 5.41) is 18.0. The van der Waals surface area contributed by atoms with E-state index in [4.69, 9.17) is 19.3 Å². The van der Waals surface area contributed by atoms with Crippen LogP contribution in [0.1, 0.15) is 290 Å². The van der Waals surface area contributed by atoms with Gasteiger partial charge in [0.2, 0.25) is 5.91 Å². The molecule has 2 N–H and O–H groups in total. The maximum atomic E-state index is 11.7. The van der Waals surface area contributed by atoms with E-state index in [0.29, 0.717) is 78.7 Å². The third-order valence-corrected chi connectivity index (χ3v) is 26.3. The molecule has 8 aliphatic rings. The molecule has 0 aromatic carbocycles. The second kappa shape index (κ2) is 63.3. The molecule has 121 heavy (non-hydrogen) atoms. The Bertz CT molecular complexity index is 3390. The molecule has 10 heterocycles. The van der Waals surface area contributed by atoms with Crippen molar-refractivity contribution in [3.8, 4) is 0 Å². The summed E-state index contributed by atoms with van der Waals surface area (Å²) in [4.78, 5) is 74.1. The van der Waals surface area contributed by atoms with Crippen LogP contribution in [0.2, 0.25) is 0 Å². The fraction of sp³-hybridized carbons (Fsp3) is 0.816. The van der Waals surface area contributed by atoms with Gasteiger partial charge in [-0.2, -0.15) is 0 Å². The number of likely N-dealkylation sites (tertiary alicyclic amines) is 3. The summed E-state index contributed by atoms with van der Waals surface area (Å²) in [6.07, 6.45) is 25.2. The molecule has 7 saturated heterocycles. The summed E-state index contributed by atoms with van der Waals surface area (Å²) in [6.45, 7) is 68.2. The molecule has 0 radical (unpaired) electrons. The fourth-order valence-corrected chi connectivity index (χ4v) is 16.4. The number of aromatic nitrogens is 3. The van der Waals surface area contributed by atoms with Crippen LogP contribution in [0.5, 0.6) is 0 Å². The number of hydrogen-bond donors (Lipinski definition) is 2. The Kier molecular flexibility index (Phi) is 59.9. The van der Waals surface area contributed by atoms with Crippen molar-refractivity contribution in [2.45, 2.75) is 341 Å². The smallest absolute Gasteiger partial charge is 0.306 e. The number of β-amino-alcohol motifs (C(OH)–C–C–N with tert-alkyl or cyclic N) is 1. The predicted octanol–water partition coefficient (Wildman–Crippen LogP) is 15.7. The Morgan fingerprint density at radius 3 is 1.31 bits per heavy atom. The van der Waals surface area contributed by atoms with Crippen LogP contribution in [-0.4, -0.2) is 291 Å². The van der Waals surface area contributed by atoms with Crippen LogP contribution in [0.25, 0.3) is 0 Å². The van der Waals surface area contributed by atoms with E-state index in [2.05, 4.69) is 199 Å². The Morgan fingerprint density at radius 1 is 0.504 bits per heavy atom. The Balaban J connectivity index is 0.000000667. The van der Waals surface area contributed by atoms with Crippen LogP contribution in [0, 0.1) is 23.7 Å². The van der Waals surface area contributed by atoms with Gasteiger partial charge in [-0.3, -0.25) is 52.7 Å². The topological polar surface area (TPSA) is 211 Å². The predicted molar refractivity (Wildman–Crippen MR) is 513 cm³/mol. The third-order valence-electron chi connectivity index (χ3n) is 24.4. The highest BCUT2D eigenvalue weighted by atomic mass is 32.2. The summed E-state index contributed by atoms with van der Waals surface area (Å²) in [5.41, 5.74) is 3.62. The lowest BCUT2D eigenvalue weighted by molar-refractivity contribution is -0.143. The van der Waals surface area contributed by atoms with Gasteiger partial charge in [0.05, 0.1) is 44.0 Å². The molecule has 1 aliphatic carbocycles. The highest BCUT2D eigenvalue weighted by molar-refractivity contribution is 8.00. The first-order valence-electron chi connectivity index (χ1n) is 47.2. The maximum Gasteiger partial charge on any atom is 0.306 e. The number of aliphatic hydroxyl groups is 1. The molecular weight excluding hydrogens is 1540 g/mol. The van der Waals surface area contributed by atoms with Gasteiger partial charge >= 0.3 is 5.97 Å². The Labute approximate surface area is 739 Å². The summed E-state index contributed by atoms with van der Waals surface area (Å²) in [5.74, 6) is 8.80. The molecule has 8 fully saturated rings. The van der Waals surface area contributed by atoms with Crippen LogP contribution >= 0.6 is 0 Å². The van der Waals surface area contributed by atoms with Crippen LogP contribution in [0.4, 0.5) is 0 Å². The number of hydrogen-bond acceptors (Lipinski definition) is 17. The van der Waals surface area contributed by atoms with Crippen LogP contribution < -0.4 is 16.7 Å². The number of piperidine rings is 3. The highest BCUT2D eigenvalue weighted by Crippen LogP contribution is 2.29. The van der Waals surface area contributed by atoms with E-state index in [1.165, 1.54) is 70.8 Å². The lowest BCUT2D eigenvalue weighted by Gasteiger charge is -2.34. The maximum absolute atomic E-state index is 11.7. The molecule has 704 valence electrons. The zero-order chi connectivity index (χ0) is 91.6. The first-order valence-corrected chi connectivity index (χ1v) is 49.3. The number of morpholine rings is 1. The number of aliphatic carboxylic acids is 1. The number of rotatable bonds is 18. The molecule has 7 aliphatic heterocycles. The lowest BCUT2D eigenvalue weighted by atomic mass is 9.82. The van der Waals surface area contributed by atoms with Gasteiger partial charge < -0.3 is 52.8 Å². The number of piperazine rings is 1. The number of carbonyl (C=O) groups is 2. The first kappa shape index (κ1) is 114.